The zero-order valence-corrected chi connectivity index (χ0v) is 16.8. The SMILES string of the molecule is CCc1c(C)c(C#N)c2nc3ccccc3n2c1N/N=C/c1cc([N+](=O)[O-])ccc1O. The summed E-state index contributed by atoms with van der Waals surface area (Å²) >= 11 is 0. The number of hydrogen-bond acceptors (Lipinski definition) is 7. The second-order valence-corrected chi connectivity index (χ2v) is 6.92. The fourth-order valence-corrected chi connectivity index (χ4v) is 3.66. The van der Waals surface area contributed by atoms with E-state index in [1.807, 2.05) is 42.5 Å². The smallest absolute Gasteiger partial charge is 0.270 e. The Kier molecular flexibility index (Phi) is 4.97. The molecule has 154 valence electrons. The van der Waals surface area contributed by atoms with Crippen LogP contribution in [0.1, 0.15) is 29.2 Å². The van der Waals surface area contributed by atoms with Crippen molar-refractivity contribution < 1.29 is 10.0 Å². The highest BCUT2D eigenvalue weighted by Gasteiger charge is 2.19. The Morgan fingerprint density at radius 3 is 2.84 bits per heavy atom. The molecule has 0 aliphatic carbocycles. The molecule has 0 saturated heterocycles. The second-order valence-electron chi connectivity index (χ2n) is 6.92. The summed E-state index contributed by atoms with van der Waals surface area (Å²) in [5.74, 6) is 0.518. The lowest BCUT2D eigenvalue weighted by Crippen LogP contribution is -2.07. The highest BCUT2D eigenvalue weighted by molar-refractivity contribution is 5.87. The van der Waals surface area contributed by atoms with Crippen molar-refractivity contribution in [3.8, 4) is 11.8 Å². The van der Waals surface area contributed by atoms with Gasteiger partial charge in [0.05, 0.1) is 27.7 Å². The maximum atomic E-state index is 11.0. The number of hydrazone groups is 1. The number of aromatic hydroxyl groups is 1. The summed E-state index contributed by atoms with van der Waals surface area (Å²) in [5, 5.41) is 35.0. The lowest BCUT2D eigenvalue weighted by Gasteiger charge is -2.15. The van der Waals surface area contributed by atoms with Crippen molar-refractivity contribution in [3.05, 3.63) is 74.8 Å². The first kappa shape index (κ1) is 19.8. The van der Waals surface area contributed by atoms with Crippen LogP contribution in [0.4, 0.5) is 11.5 Å². The van der Waals surface area contributed by atoms with E-state index in [1.165, 1.54) is 24.4 Å². The van der Waals surface area contributed by atoms with Gasteiger partial charge in [0.15, 0.2) is 5.65 Å². The van der Waals surface area contributed by atoms with Crippen LogP contribution in [-0.4, -0.2) is 25.6 Å². The van der Waals surface area contributed by atoms with Crippen LogP contribution in [0.15, 0.2) is 47.6 Å². The molecule has 0 aliphatic heterocycles. The molecular formula is C22H18N6O3. The third-order valence-corrected chi connectivity index (χ3v) is 5.18. The predicted molar refractivity (Wildman–Crippen MR) is 118 cm³/mol. The number of nitrogens with one attached hydrogen (secondary N) is 1. The number of nitro benzene ring substituents is 1. The Hall–Kier alpha value is -4.45. The molecule has 9 heteroatoms. The number of nitrogens with zero attached hydrogens (tertiary/aromatic N) is 5. The van der Waals surface area contributed by atoms with Gasteiger partial charge in [-0.1, -0.05) is 19.1 Å². The molecule has 0 unspecified atom stereocenters. The van der Waals surface area contributed by atoms with Gasteiger partial charge in [0.2, 0.25) is 0 Å². The number of non-ortho nitro benzene ring substituents is 1. The van der Waals surface area contributed by atoms with Crippen molar-refractivity contribution in [2.75, 3.05) is 5.43 Å². The summed E-state index contributed by atoms with van der Waals surface area (Å²) in [6.45, 7) is 3.85. The van der Waals surface area contributed by atoms with Crippen LogP contribution in [0, 0.1) is 28.4 Å². The van der Waals surface area contributed by atoms with Crippen LogP contribution in [0.5, 0.6) is 5.75 Å². The molecule has 9 nitrogen and oxygen atoms in total. The number of nitro groups is 1. The first-order chi connectivity index (χ1) is 15.0. The van der Waals surface area contributed by atoms with Gasteiger partial charge in [-0.25, -0.2) is 4.98 Å². The lowest BCUT2D eigenvalue weighted by atomic mass is 10.0. The fraction of sp³-hybridized carbons (Fsp3) is 0.136. The van der Waals surface area contributed by atoms with Crippen LogP contribution in [-0.2, 0) is 6.42 Å². The van der Waals surface area contributed by atoms with Crippen LogP contribution in [0.25, 0.3) is 16.7 Å². The van der Waals surface area contributed by atoms with E-state index in [1.54, 1.807) is 0 Å². The van der Waals surface area contributed by atoms with E-state index < -0.39 is 4.92 Å². The number of para-hydroxylation sites is 2. The lowest BCUT2D eigenvalue weighted by molar-refractivity contribution is -0.384. The molecule has 0 radical (unpaired) electrons. The molecule has 2 heterocycles. The second kappa shape index (κ2) is 7.76. The van der Waals surface area contributed by atoms with Crippen molar-refractivity contribution in [2.24, 2.45) is 5.10 Å². The van der Waals surface area contributed by atoms with Gasteiger partial charge in [-0.2, -0.15) is 10.4 Å². The molecule has 0 bridgehead atoms. The third-order valence-electron chi connectivity index (χ3n) is 5.18. The van der Waals surface area contributed by atoms with Crippen molar-refractivity contribution >= 4 is 34.4 Å². The van der Waals surface area contributed by atoms with Crippen LogP contribution in [0.2, 0.25) is 0 Å². The van der Waals surface area contributed by atoms with Gasteiger partial charge >= 0.3 is 0 Å². The number of aromatic nitrogens is 2. The fourth-order valence-electron chi connectivity index (χ4n) is 3.66. The molecule has 0 saturated carbocycles. The predicted octanol–water partition coefficient (Wildman–Crippen LogP) is 4.29. The summed E-state index contributed by atoms with van der Waals surface area (Å²) < 4.78 is 1.85. The number of hydrogen-bond donors (Lipinski definition) is 2. The summed E-state index contributed by atoms with van der Waals surface area (Å²) in [7, 11) is 0. The molecule has 2 N–H and O–H groups in total. The van der Waals surface area contributed by atoms with Gasteiger partial charge in [-0.3, -0.25) is 19.9 Å². The molecule has 0 fully saturated rings. The van der Waals surface area contributed by atoms with E-state index in [-0.39, 0.29) is 17.0 Å². The van der Waals surface area contributed by atoms with Crippen molar-refractivity contribution in [1.82, 2.24) is 9.38 Å². The first-order valence-electron chi connectivity index (χ1n) is 9.55. The molecular weight excluding hydrogens is 396 g/mol. The number of phenolic OH excluding ortho intramolecular Hbond substituents is 1. The normalized spacial score (nSPS) is 11.3. The molecule has 0 amide bonds. The van der Waals surface area contributed by atoms with Gasteiger partial charge in [0.1, 0.15) is 17.6 Å². The number of anilines is 1. The third kappa shape index (κ3) is 3.30. The van der Waals surface area contributed by atoms with E-state index in [2.05, 4.69) is 21.6 Å². The van der Waals surface area contributed by atoms with E-state index in [0.717, 1.165) is 22.2 Å². The van der Waals surface area contributed by atoms with Gasteiger partial charge in [0, 0.05) is 17.7 Å². The van der Waals surface area contributed by atoms with Gasteiger partial charge < -0.3 is 5.11 Å². The van der Waals surface area contributed by atoms with Gasteiger partial charge in [-0.05, 0) is 42.7 Å². The highest BCUT2D eigenvalue weighted by atomic mass is 16.6. The largest absolute Gasteiger partial charge is 0.507 e. The summed E-state index contributed by atoms with van der Waals surface area (Å²) in [6, 6.07) is 13.5. The Morgan fingerprint density at radius 1 is 1.35 bits per heavy atom. The molecule has 31 heavy (non-hydrogen) atoms. The zero-order chi connectivity index (χ0) is 22.1. The average molecular weight is 414 g/mol. The number of pyridine rings is 1. The monoisotopic (exact) mass is 414 g/mol. The minimum absolute atomic E-state index is 0.124. The molecule has 0 aliphatic rings. The van der Waals surface area contributed by atoms with Crippen molar-refractivity contribution in [3.63, 3.8) is 0 Å². The van der Waals surface area contributed by atoms with Gasteiger partial charge in [-0.15, -0.1) is 0 Å². The minimum atomic E-state index is -0.537. The standard InChI is InChI=1S/C22H18N6O3/c1-3-16-13(2)17(11-23)21-25-18-6-4-5-7-19(18)27(21)22(16)26-24-12-14-10-15(28(30)31)8-9-20(14)29/h4-10,12,26,29H,3H2,1-2H3/b24-12+. The maximum Gasteiger partial charge on any atom is 0.270 e. The molecule has 0 atom stereocenters. The Morgan fingerprint density at radius 2 is 2.13 bits per heavy atom. The van der Waals surface area contributed by atoms with E-state index in [9.17, 15) is 20.5 Å². The summed E-state index contributed by atoms with van der Waals surface area (Å²) in [5.41, 5.74) is 7.35. The first-order valence-corrected chi connectivity index (χ1v) is 9.55. The molecule has 4 aromatic rings. The van der Waals surface area contributed by atoms with Crippen LogP contribution >= 0.6 is 0 Å². The maximum absolute atomic E-state index is 11.0. The topological polar surface area (TPSA) is 129 Å². The Balaban J connectivity index is 1.88. The number of imidazole rings is 1. The molecule has 2 aromatic heterocycles. The molecule has 4 rings (SSSR count). The van der Waals surface area contributed by atoms with Crippen molar-refractivity contribution in [1.29, 1.82) is 5.26 Å². The summed E-state index contributed by atoms with van der Waals surface area (Å²) in [6.07, 6.45) is 1.96. The minimum Gasteiger partial charge on any atom is -0.507 e. The van der Waals surface area contributed by atoms with Crippen LogP contribution in [0.3, 0.4) is 0 Å². The van der Waals surface area contributed by atoms with E-state index in [0.29, 0.717) is 23.4 Å². The Labute approximate surface area is 177 Å². The number of rotatable bonds is 5. The highest BCUT2D eigenvalue weighted by Crippen LogP contribution is 2.31. The number of benzene rings is 2. The van der Waals surface area contributed by atoms with Crippen molar-refractivity contribution in [2.45, 2.75) is 20.3 Å². The molecule has 0 spiro atoms. The summed E-state index contributed by atoms with van der Waals surface area (Å²) in [4.78, 5) is 15.1. The van der Waals surface area contributed by atoms with Crippen LogP contribution < -0.4 is 5.43 Å². The zero-order valence-electron chi connectivity index (χ0n) is 16.8. The quantitative estimate of drug-likeness (QED) is 0.285. The molecule has 2 aromatic carbocycles. The number of nitriles is 1. The van der Waals surface area contributed by atoms with E-state index in [4.69, 9.17) is 0 Å². The van der Waals surface area contributed by atoms with E-state index >= 15 is 0 Å². The Bertz CT molecular complexity index is 1410. The van der Waals surface area contributed by atoms with Gasteiger partial charge in [0.25, 0.3) is 5.69 Å². The number of phenols is 1. The number of fused-ring (bicyclic) bond motifs is 3. The average Bonchev–Trinajstić information content (AvgIpc) is 3.14.